The minimum absolute atomic E-state index is 0.419. The summed E-state index contributed by atoms with van der Waals surface area (Å²) in [6.07, 6.45) is 4.68. The summed E-state index contributed by atoms with van der Waals surface area (Å²) in [4.78, 5) is 0. The van der Waals surface area contributed by atoms with Gasteiger partial charge in [0.15, 0.2) is 0 Å². The molecule has 0 N–H and O–H groups in total. The van der Waals surface area contributed by atoms with Gasteiger partial charge >= 0.3 is 0 Å². The Bertz CT molecular complexity index is 484. The van der Waals surface area contributed by atoms with Gasteiger partial charge in [0, 0.05) is 0 Å². The van der Waals surface area contributed by atoms with Crippen LogP contribution in [0.3, 0.4) is 0 Å². The van der Waals surface area contributed by atoms with Crippen LogP contribution < -0.4 is 4.74 Å². The normalized spacial score (nSPS) is 10.4. The van der Waals surface area contributed by atoms with Gasteiger partial charge in [-0.1, -0.05) is 61.8 Å². The minimum atomic E-state index is 0.419. The first-order chi connectivity index (χ1) is 11.7. The van der Waals surface area contributed by atoms with Gasteiger partial charge in [-0.2, -0.15) is 0 Å². The zero-order valence-corrected chi connectivity index (χ0v) is 19.4. The lowest BCUT2D eigenvalue weighted by molar-refractivity contribution is 0.309. The average Bonchev–Trinajstić information content (AvgIpc) is 2.63. The summed E-state index contributed by atoms with van der Waals surface area (Å²) in [7, 11) is 0. The number of ether oxygens (including phenoxy) is 1. The van der Waals surface area contributed by atoms with Crippen LogP contribution in [-0.4, -0.2) is 6.61 Å². The molecule has 0 unspecified atom stereocenters. The monoisotopic (exact) mass is 350 g/mol. The highest BCUT2D eigenvalue weighted by molar-refractivity contribution is 5.54. The van der Waals surface area contributed by atoms with Crippen molar-refractivity contribution in [2.24, 2.45) is 5.41 Å². The molecule has 1 aromatic rings. The number of hydrogen-bond acceptors (Lipinski definition) is 1. The third-order valence-electron chi connectivity index (χ3n) is 5.17. The second-order valence-electron chi connectivity index (χ2n) is 7.17. The lowest BCUT2D eigenvalue weighted by Gasteiger charge is -2.25. The summed E-state index contributed by atoms with van der Waals surface area (Å²) in [6.45, 7) is 26.9. The summed E-state index contributed by atoms with van der Waals surface area (Å²) in [6, 6.07) is 0. The molecule has 1 rings (SSSR count). The second-order valence-corrected chi connectivity index (χ2v) is 7.17. The van der Waals surface area contributed by atoms with E-state index in [1.165, 1.54) is 40.7 Å². The molecule has 25 heavy (non-hydrogen) atoms. The highest BCUT2D eigenvalue weighted by atomic mass is 16.5. The Morgan fingerprint density at radius 1 is 0.760 bits per heavy atom. The quantitative estimate of drug-likeness (QED) is 0.482. The van der Waals surface area contributed by atoms with E-state index in [-0.39, 0.29) is 0 Å². The van der Waals surface area contributed by atoms with Gasteiger partial charge in [-0.05, 0) is 80.2 Å². The van der Waals surface area contributed by atoms with Gasteiger partial charge in [0.2, 0.25) is 0 Å². The Labute approximate surface area is 159 Å². The summed E-state index contributed by atoms with van der Waals surface area (Å²) in [5.41, 5.74) is 7.46. The van der Waals surface area contributed by atoms with Crippen molar-refractivity contribution in [1.29, 1.82) is 0 Å². The largest absolute Gasteiger partial charge is 0.493 e. The molecule has 1 heteroatoms. The predicted octanol–water partition coefficient (Wildman–Crippen LogP) is 8.13. The first-order valence-corrected chi connectivity index (χ1v) is 10.5. The van der Waals surface area contributed by atoms with E-state index < -0.39 is 0 Å². The lowest BCUT2D eigenvalue weighted by atomic mass is 9.81. The molecule has 0 aromatic heterocycles. The fraction of sp³-hybridized carbons (Fsp3) is 0.750. The first kappa shape index (κ1) is 26.3. The molecule has 1 aromatic carbocycles. The van der Waals surface area contributed by atoms with E-state index in [0.29, 0.717) is 5.41 Å². The van der Waals surface area contributed by atoms with E-state index >= 15 is 0 Å². The topological polar surface area (TPSA) is 9.23 Å². The van der Waals surface area contributed by atoms with Gasteiger partial charge in [-0.25, -0.2) is 0 Å². The van der Waals surface area contributed by atoms with E-state index in [4.69, 9.17) is 4.74 Å². The molecule has 0 heterocycles. The molecule has 0 aliphatic heterocycles. The average molecular weight is 351 g/mol. The van der Waals surface area contributed by atoms with Gasteiger partial charge in [0.25, 0.3) is 0 Å². The van der Waals surface area contributed by atoms with Crippen molar-refractivity contribution >= 4 is 0 Å². The summed E-state index contributed by atoms with van der Waals surface area (Å²) in [5, 5.41) is 0. The molecular weight excluding hydrogens is 304 g/mol. The molecule has 0 bridgehead atoms. The zero-order valence-electron chi connectivity index (χ0n) is 19.4. The zero-order chi connectivity index (χ0) is 20.2. The van der Waals surface area contributed by atoms with Crippen LogP contribution in [-0.2, 0) is 6.42 Å². The van der Waals surface area contributed by atoms with Crippen molar-refractivity contribution in [3.63, 3.8) is 0 Å². The Balaban J connectivity index is 0. The SMILES string of the molecule is CC.CC.CCCOc1c(C)c(C)c(C)c(CCC(C)(C)CC)c1C. The third kappa shape index (κ3) is 7.84. The Morgan fingerprint density at radius 2 is 1.28 bits per heavy atom. The van der Waals surface area contributed by atoms with Gasteiger partial charge in [0.05, 0.1) is 6.61 Å². The van der Waals surface area contributed by atoms with E-state index in [2.05, 4.69) is 55.4 Å². The molecule has 0 amide bonds. The first-order valence-electron chi connectivity index (χ1n) is 10.5. The minimum Gasteiger partial charge on any atom is -0.493 e. The Morgan fingerprint density at radius 3 is 1.72 bits per heavy atom. The van der Waals surface area contributed by atoms with E-state index in [0.717, 1.165) is 25.2 Å². The fourth-order valence-electron chi connectivity index (χ4n) is 2.81. The van der Waals surface area contributed by atoms with Crippen molar-refractivity contribution < 1.29 is 4.74 Å². The van der Waals surface area contributed by atoms with Gasteiger partial charge < -0.3 is 4.74 Å². The van der Waals surface area contributed by atoms with Crippen LogP contribution in [0.4, 0.5) is 0 Å². The van der Waals surface area contributed by atoms with Gasteiger partial charge in [0.1, 0.15) is 5.75 Å². The lowest BCUT2D eigenvalue weighted by Crippen LogP contribution is -2.13. The van der Waals surface area contributed by atoms with Gasteiger partial charge in [-0.15, -0.1) is 0 Å². The number of benzene rings is 1. The second kappa shape index (κ2) is 13.3. The molecule has 0 fully saturated rings. The fourth-order valence-corrected chi connectivity index (χ4v) is 2.81. The van der Waals surface area contributed by atoms with Crippen LogP contribution in [0.5, 0.6) is 5.75 Å². The standard InChI is InChI=1S/C20H34O.2C2H6/c1-9-13-21-19-16(5)14(3)15(4)18(17(19)6)11-12-20(7,8)10-2;2*1-2/h9-13H2,1-8H3;2*1-2H3. The molecule has 0 atom stereocenters. The maximum Gasteiger partial charge on any atom is 0.125 e. The van der Waals surface area contributed by atoms with Crippen molar-refractivity contribution in [2.75, 3.05) is 6.61 Å². The number of hydrogen-bond donors (Lipinski definition) is 0. The van der Waals surface area contributed by atoms with Crippen LogP contribution in [0.25, 0.3) is 0 Å². The van der Waals surface area contributed by atoms with Crippen LogP contribution in [0.1, 0.15) is 102 Å². The van der Waals surface area contributed by atoms with E-state index in [1.807, 2.05) is 27.7 Å². The molecular formula is C24H46O. The third-order valence-corrected chi connectivity index (χ3v) is 5.17. The Hall–Kier alpha value is -0.980. The van der Waals surface area contributed by atoms with Crippen molar-refractivity contribution in [1.82, 2.24) is 0 Å². The number of rotatable bonds is 7. The van der Waals surface area contributed by atoms with Crippen LogP contribution in [0.15, 0.2) is 0 Å². The highest BCUT2D eigenvalue weighted by Crippen LogP contribution is 2.35. The molecule has 0 saturated heterocycles. The molecule has 0 saturated carbocycles. The summed E-state index contributed by atoms with van der Waals surface area (Å²) < 4.78 is 6.05. The van der Waals surface area contributed by atoms with Crippen molar-refractivity contribution in [2.45, 2.75) is 109 Å². The highest BCUT2D eigenvalue weighted by Gasteiger charge is 2.19. The van der Waals surface area contributed by atoms with Crippen LogP contribution >= 0.6 is 0 Å². The van der Waals surface area contributed by atoms with E-state index in [1.54, 1.807) is 0 Å². The molecule has 0 radical (unpaired) electrons. The van der Waals surface area contributed by atoms with Crippen molar-refractivity contribution in [3.05, 3.63) is 27.8 Å². The molecule has 148 valence electrons. The summed E-state index contributed by atoms with van der Waals surface area (Å²) in [5.74, 6) is 1.13. The molecule has 0 aliphatic rings. The van der Waals surface area contributed by atoms with Crippen LogP contribution in [0, 0.1) is 33.1 Å². The van der Waals surface area contributed by atoms with Crippen molar-refractivity contribution in [3.8, 4) is 5.75 Å². The smallest absolute Gasteiger partial charge is 0.125 e. The molecule has 0 aliphatic carbocycles. The van der Waals surface area contributed by atoms with Crippen LogP contribution in [0.2, 0.25) is 0 Å². The van der Waals surface area contributed by atoms with E-state index in [9.17, 15) is 0 Å². The molecule has 0 spiro atoms. The molecule has 1 nitrogen and oxygen atoms in total. The van der Waals surface area contributed by atoms with Gasteiger partial charge in [-0.3, -0.25) is 0 Å². The summed E-state index contributed by atoms with van der Waals surface area (Å²) >= 11 is 0. The predicted molar refractivity (Wildman–Crippen MR) is 116 cm³/mol. The Kier molecular flexibility index (Phi) is 13.9. The maximum atomic E-state index is 6.05. The maximum absolute atomic E-state index is 6.05.